The van der Waals surface area contributed by atoms with Crippen molar-refractivity contribution >= 4 is 10.9 Å². The van der Waals surface area contributed by atoms with Gasteiger partial charge in [-0.2, -0.15) is 0 Å². The second-order valence-corrected chi connectivity index (χ2v) is 5.54. The van der Waals surface area contributed by atoms with E-state index in [2.05, 4.69) is 33.1 Å². The first-order chi connectivity index (χ1) is 10.7. The number of aliphatic hydroxyl groups is 1. The Bertz CT molecular complexity index is 751. The van der Waals surface area contributed by atoms with Gasteiger partial charge in [-0.3, -0.25) is 4.98 Å². The number of nitrogens with one attached hydrogen (secondary N) is 1. The minimum Gasteiger partial charge on any atom is -0.389 e. The molecular formula is C18H21N3O. The van der Waals surface area contributed by atoms with Crippen LogP contribution in [0.15, 0.2) is 54.9 Å². The third kappa shape index (κ3) is 2.63. The van der Waals surface area contributed by atoms with Crippen LogP contribution < -0.4 is 5.32 Å². The Kier molecular flexibility index (Phi) is 4.22. The molecular weight excluding hydrogens is 274 g/mol. The fourth-order valence-electron chi connectivity index (χ4n) is 3.05. The van der Waals surface area contributed by atoms with Crippen LogP contribution in [-0.2, 0) is 0 Å². The molecule has 2 N–H and O–H groups in total. The van der Waals surface area contributed by atoms with E-state index < -0.39 is 6.10 Å². The summed E-state index contributed by atoms with van der Waals surface area (Å²) in [5.41, 5.74) is 3.14. The zero-order valence-electron chi connectivity index (χ0n) is 12.9. The Hall–Kier alpha value is -2.17. The van der Waals surface area contributed by atoms with Crippen molar-refractivity contribution in [2.75, 3.05) is 13.6 Å². The minimum absolute atomic E-state index is 0.144. The van der Waals surface area contributed by atoms with Gasteiger partial charge in [-0.15, -0.1) is 0 Å². The fourth-order valence-corrected chi connectivity index (χ4v) is 3.05. The molecule has 0 saturated heterocycles. The standard InChI is InChI=1S/C18H21N3O/c1-13-17-15(8-10-20-13)9-11-21(17)18(16(22)12-19-2)14-6-4-3-5-7-14/h3-11,16,18-19,22H,12H2,1-2H3/t16-,18+/m1/s1. The van der Waals surface area contributed by atoms with E-state index in [4.69, 9.17) is 0 Å². The summed E-state index contributed by atoms with van der Waals surface area (Å²) in [7, 11) is 1.85. The van der Waals surface area contributed by atoms with Crippen molar-refractivity contribution < 1.29 is 5.11 Å². The van der Waals surface area contributed by atoms with Crippen LogP contribution in [0.4, 0.5) is 0 Å². The van der Waals surface area contributed by atoms with Gasteiger partial charge in [0.1, 0.15) is 0 Å². The van der Waals surface area contributed by atoms with Gasteiger partial charge < -0.3 is 15.0 Å². The molecule has 22 heavy (non-hydrogen) atoms. The van der Waals surface area contributed by atoms with Gasteiger partial charge in [-0.05, 0) is 31.7 Å². The third-order valence-electron chi connectivity index (χ3n) is 4.03. The molecule has 2 heterocycles. The van der Waals surface area contributed by atoms with Crippen molar-refractivity contribution in [3.05, 3.63) is 66.1 Å². The van der Waals surface area contributed by atoms with Crippen molar-refractivity contribution in [1.29, 1.82) is 0 Å². The van der Waals surface area contributed by atoms with E-state index in [0.29, 0.717) is 6.54 Å². The average Bonchev–Trinajstić information content (AvgIpc) is 2.94. The molecule has 2 aromatic heterocycles. The van der Waals surface area contributed by atoms with Crippen molar-refractivity contribution in [3.63, 3.8) is 0 Å². The second-order valence-electron chi connectivity index (χ2n) is 5.54. The first-order valence-electron chi connectivity index (χ1n) is 7.52. The van der Waals surface area contributed by atoms with E-state index in [1.807, 2.05) is 50.6 Å². The summed E-state index contributed by atoms with van der Waals surface area (Å²) in [6, 6.07) is 14.1. The molecule has 3 rings (SSSR count). The van der Waals surface area contributed by atoms with Crippen molar-refractivity contribution in [1.82, 2.24) is 14.9 Å². The van der Waals surface area contributed by atoms with Crippen LogP contribution in [0.25, 0.3) is 10.9 Å². The molecule has 2 atom stereocenters. The number of aryl methyl sites for hydroxylation is 1. The lowest BCUT2D eigenvalue weighted by atomic mass is 10.0. The second kappa shape index (κ2) is 6.30. The van der Waals surface area contributed by atoms with Crippen LogP contribution in [0, 0.1) is 6.92 Å². The summed E-state index contributed by atoms with van der Waals surface area (Å²) in [6.07, 6.45) is 3.34. The van der Waals surface area contributed by atoms with Gasteiger partial charge in [0.2, 0.25) is 0 Å². The van der Waals surface area contributed by atoms with Gasteiger partial charge in [0.05, 0.1) is 23.4 Å². The zero-order chi connectivity index (χ0) is 15.5. The van der Waals surface area contributed by atoms with Crippen LogP contribution in [0.5, 0.6) is 0 Å². The van der Waals surface area contributed by atoms with Crippen LogP contribution in [0.3, 0.4) is 0 Å². The zero-order valence-corrected chi connectivity index (χ0v) is 12.9. The summed E-state index contributed by atoms with van der Waals surface area (Å²) in [6.45, 7) is 2.53. The number of aromatic nitrogens is 2. The molecule has 0 aliphatic heterocycles. The number of fused-ring (bicyclic) bond motifs is 1. The summed E-state index contributed by atoms with van der Waals surface area (Å²) in [4.78, 5) is 4.40. The van der Waals surface area contributed by atoms with Crippen molar-refractivity contribution in [3.8, 4) is 0 Å². The molecule has 0 spiro atoms. The Balaban J connectivity index is 2.16. The molecule has 114 valence electrons. The van der Waals surface area contributed by atoms with Crippen LogP contribution >= 0.6 is 0 Å². The highest BCUT2D eigenvalue weighted by Gasteiger charge is 2.24. The molecule has 0 saturated carbocycles. The normalized spacial score (nSPS) is 14.1. The van der Waals surface area contributed by atoms with Gasteiger partial charge in [-0.25, -0.2) is 0 Å². The number of benzene rings is 1. The summed E-state index contributed by atoms with van der Waals surface area (Å²) >= 11 is 0. The van der Waals surface area contributed by atoms with E-state index >= 15 is 0 Å². The van der Waals surface area contributed by atoms with Gasteiger partial charge in [0.25, 0.3) is 0 Å². The third-order valence-corrected chi connectivity index (χ3v) is 4.03. The molecule has 0 amide bonds. The maximum atomic E-state index is 10.7. The number of hydrogen-bond acceptors (Lipinski definition) is 3. The number of rotatable bonds is 5. The first-order valence-corrected chi connectivity index (χ1v) is 7.52. The van der Waals surface area contributed by atoms with E-state index in [1.165, 1.54) is 0 Å². The van der Waals surface area contributed by atoms with Crippen LogP contribution in [0.2, 0.25) is 0 Å². The summed E-state index contributed by atoms with van der Waals surface area (Å²) in [5, 5.41) is 14.9. The molecule has 4 heteroatoms. The highest BCUT2D eigenvalue weighted by Crippen LogP contribution is 2.28. The van der Waals surface area contributed by atoms with Gasteiger partial charge in [0, 0.05) is 24.3 Å². The Morgan fingerprint density at radius 3 is 2.68 bits per heavy atom. The highest BCUT2D eigenvalue weighted by molar-refractivity contribution is 5.82. The van der Waals surface area contributed by atoms with E-state index in [9.17, 15) is 5.11 Å². The minimum atomic E-state index is -0.525. The van der Waals surface area contributed by atoms with E-state index in [-0.39, 0.29) is 6.04 Å². The van der Waals surface area contributed by atoms with Crippen molar-refractivity contribution in [2.45, 2.75) is 19.1 Å². The summed E-state index contributed by atoms with van der Waals surface area (Å²) in [5.74, 6) is 0. The van der Waals surface area contributed by atoms with Crippen LogP contribution in [-0.4, -0.2) is 34.4 Å². The maximum absolute atomic E-state index is 10.7. The number of likely N-dealkylation sites (N-methyl/N-ethyl adjacent to an activating group) is 1. The largest absolute Gasteiger partial charge is 0.389 e. The predicted molar refractivity (Wildman–Crippen MR) is 89.0 cm³/mol. The predicted octanol–water partition coefficient (Wildman–Crippen LogP) is 2.51. The number of pyridine rings is 1. The molecule has 0 unspecified atom stereocenters. The Morgan fingerprint density at radius 1 is 1.18 bits per heavy atom. The fraction of sp³-hybridized carbons (Fsp3) is 0.278. The lowest BCUT2D eigenvalue weighted by molar-refractivity contribution is 0.132. The average molecular weight is 295 g/mol. The SMILES string of the molecule is CNC[C@@H](O)[C@H](c1ccccc1)n1ccc2ccnc(C)c21. The van der Waals surface area contributed by atoms with Crippen LogP contribution in [0.1, 0.15) is 17.3 Å². The molecule has 0 bridgehead atoms. The van der Waals surface area contributed by atoms with Gasteiger partial charge in [-0.1, -0.05) is 30.3 Å². The number of aliphatic hydroxyl groups excluding tert-OH is 1. The molecule has 0 radical (unpaired) electrons. The van der Waals surface area contributed by atoms with Gasteiger partial charge >= 0.3 is 0 Å². The highest BCUT2D eigenvalue weighted by atomic mass is 16.3. The van der Waals surface area contributed by atoms with E-state index in [0.717, 1.165) is 22.2 Å². The molecule has 0 aliphatic carbocycles. The van der Waals surface area contributed by atoms with E-state index in [1.54, 1.807) is 0 Å². The maximum Gasteiger partial charge on any atom is 0.0912 e. The monoisotopic (exact) mass is 295 g/mol. The molecule has 0 fully saturated rings. The lowest BCUT2D eigenvalue weighted by Gasteiger charge is -2.26. The molecule has 1 aromatic carbocycles. The van der Waals surface area contributed by atoms with Gasteiger partial charge in [0.15, 0.2) is 0 Å². The number of nitrogens with zero attached hydrogens (tertiary/aromatic N) is 2. The van der Waals surface area contributed by atoms with Crippen molar-refractivity contribution in [2.24, 2.45) is 0 Å². The molecule has 3 aromatic rings. The Morgan fingerprint density at radius 2 is 1.95 bits per heavy atom. The summed E-state index contributed by atoms with van der Waals surface area (Å²) < 4.78 is 2.13. The first kappa shape index (κ1) is 14.8. The quantitative estimate of drug-likeness (QED) is 0.760. The number of hydrogen-bond donors (Lipinski definition) is 2. The molecule has 0 aliphatic rings. The lowest BCUT2D eigenvalue weighted by Crippen LogP contribution is -2.33. The smallest absolute Gasteiger partial charge is 0.0912 e. The molecule has 4 nitrogen and oxygen atoms in total. The Labute approximate surface area is 130 Å². The topological polar surface area (TPSA) is 50.1 Å².